The zero-order valence-corrected chi connectivity index (χ0v) is 10.3. The first-order valence-corrected chi connectivity index (χ1v) is 3.32. The van der Waals surface area contributed by atoms with Crippen molar-refractivity contribution in [3.8, 4) is 0 Å². The molecule has 0 radical (unpaired) electrons. The molecule has 0 atom stereocenters. The van der Waals surface area contributed by atoms with Crippen LogP contribution in [0.5, 0.6) is 0 Å². The van der Waals surface area contributed by atoms with Crippen molar-refractivity contribution in [2.24, 2.45) is 0 Å². The first-order chi connectivity index (χ1) is 4.45. The molecule has 0 saturated heterocycles. The minimum Gasteiger partial charge on any atom is -0.449 e. The Labute approximate surface area is 108 Å². The molecular weight excluding hydrogens is 179 g/mol. The third kappa shape index (κ3) is 11.2. The number of halogens is 3. The SMILES string of the molecule is CC/C(C)=C/C[B-](F)(F)F.[K+]. The summed E-state index contributed by atoms with van der Waals surface area (Å²) in [7, 11) is 0. The molecular formula is C6H11BF3K. The van der Waals surface area contributed by atoms with E-state index in [1.165, 1.54) is 6.08 Å². The summed E-state index contributed by atoms with van der Waals surface area (Å²) in [4.78, 5) is 0. The van der Waals surface area contributed by atoms with E-state index < -0.39 is 13.3 Å². The summed E-state index contributed by atoms with van der Waals surface area (Å²) in [6.45, 7) is -1.06. The van der Waals surface area contributed by atoms with Crippen LogP contribution in [0.2, 0.25) is 6.32 Å². The molecule has 0 amide bonds. The third-order valence-corrected chi connectivity index (χ3v) is 1.29. The molecule has 0 bridgehead atoms. The van der Waals surface area contributed by atoms with E-state index in [9.17, 15) is 12.9 Å². The van der Waals surface area contributed by atoms with Gasteiger partial charge in [0.25, 0.3) is 0 Å². The Morgan fingerprint density at radius 1 is 1.36 bits per heavy atom. The maximum absolute atomic E-state index is 11.6. The molecule has 0 spiro atoms. The topological polar surface area (TPSA) is 0 Å². The van der Waals surface area contributed by atoms with Crippen molar-refractivity contribution in [3.63, 3.8) is 0 Å². The van der Waals surface area contributed by atoms with E-state index in [1.54, 1.807) is 6.92 Å². The van der Waals surface area contributed by atoms with E-state index in [0.717, 1.165) is 5.57 Å². The average molecular weight is 190 g/mol. The van der Waals surface area contributed by atoms with Crippen molar-refractivity contribution in [1.29, 1.82) is 0 Å². The fourth-order valence-electron chi connectivity index (χ4n) is 0.479. The zero-order chi connectivity index (χ0) is 8.20. The monoisotopic (exact) mass is 190 g/mol. The molecule has 0 nitrogen and oxygen atoms in total. The Kier molecular flexibility index (Phi) is 9.00. The molecule has 0 aromatic carbocycles. The second-order valence-electron chi connectivity index (χ2n) is 2.35. The molecule has 0 aromatic rings. The van der Waals surface area contributed by atoms with Gasteiger partial charge in [-0.25, -0.2) is 0 Å². The second kappa shape index (κ2) is 6.72. The van der Waals surface area contributed by atoms with Gasteiger partial charge in [-0.1, -0.05) is 18.8 Å². The van der Waals surface area contributed by atoms with Gasteiger partial charge in [0, 0.05) is 0 Å². The summed E-state index contributed by atoms with van der Waals surface area (Å²) < 4.78 is 34.7. The predicted octanol–water partition coefficient (Wildman–Crippen LogP) is 0.194. The number of hydrogen-bond donors (Lipinski definition) is 0. The average Bonchev–Trinajstić information content (AvgIpc) is 1.81. The molecule has 0 aliphatic heterocycles. The maximum Gasteiger partial charge on any atom is 1.00 e. The largest absolute Gasteiger partial charge is 1.00 e. The van der Waals surface area contributed by atoms with Crippen molar-refractivity contribution >= 4 is 6.98 Å². The van der Waals surface area contributed by atoms with Crippen molar-refractivity contribution < 1.29 is 64.3 Å². The predicted molar refractivity (Wildman–Crippen MR) is 37.9 cm³/mol. The van der Waals surface area contributed by atoms with Crippen LogP contribution in [0.1, 0.15) is 20.3 Å². The number of hydrogen-bond acceptors (Lipinski definition) is 0. The van der Waals surface area contributed by atoms with Crippen molar-refractivity contribution in [2.45, 2.75) is 26.6 Å². The Morgan fingerprint density at radius 3 is 2.09 bits per heavy atom. The first kappa shape index (κ1) is 14.7. The summed E-state index contributed by atoms with van der Waals surface area (Å²) in [6.07, 6.45) is 1.21. The molecule has 0 saturated carbocycles. The normalized spacial score (nSPS) is 12.6. The van der Waals surface area contributed by atoms with Gasteiger partial charge >= 0.3 is 58.4 Å². The van der Waals surface area contributed by atoms with Gasteiger partial charge in [-0.3, -0.25) is 0 Å². The van der Waals surface area contributed by atoms with Crippen LogP contribution in [0.15, 0.2) is 11.6 Å². The standard InChI is InChI=1S/C6H11BF3.K/c1-3-6(2)4-5-7(8,9)10;/h4H,3,5H2,1-2H3;/q-1;+1/b6-4+;. The third-order valence-electron chi connectivity index (χ3n) is 1.29. The van der Waals surface area contributed by atoms with Gasteiger partial charge in [0.15, 0.2) is 0 Å². The molecule has 0 rings (SSSR count). The van der Waals surface area contributed by atoms with E-state index in [2.05, 4.69) is 0 Å². The Bertz CT molecular complexity index is 130. The minimum absolute atomic E-state index is 0. The summed E-state index contributed by atoms with van der Waals surface area (Å²) in [5.74, 6) is 0. The summed E-state index contributed by atoms with van der Waals surface area (Å²) >= 11 is 0. The van der Waals surface area contributed by atoms with Crippen molar-refractivity contribution in [1.82, 2.24) is 0 Å². The van der Waals surface area contributed by atoms with Crippen LogP contribution in [0.25, 0.3) is 0 Å². The van der Waals surface area contributed by atoms with Crippen LogP contribution in [-0.2, 0) is 0 Å². The molecule has 0 unspecified atom stereocenters. The van der Waals surface area contributed by atoms with E-state index in [1.807, 2.05) is 6.92 Å². The van der Waals surface area contributed by atoms with Crippen LogP contribution < -0.4 is 51.4 Å². The Morgan fingerprint density at radius 2 is 1.82 bits per heavy atom. The van der Waals surface area contributed by atoms with Gasteiger partial charge in [0.05, 0.1) is 0 Å². The van der Waals surface area contributed by atoms with Crippen molar-refractivity contribution in [2.75, 3.05) is 0 Å². The fraction of sp³-hybridized carbons (Fsp3) is 0.667. The quantitative estimate of drug-likeness (QED) is 0.440. The maximum atomic E-state index is 11.6. The van der Waals surface area contributed by atoms with Crippen LogP contribution in [-0.4, -0.2) is 6.98 Å². The van der Waals surface area contributed by atoms with E-state index in [0.29, 0.717) is 6.42 Å². The number of rotatable bonds is 3. The van der Waals surface area contributed by atoms with Gasteiger partial charge in [0.1, 0.15) is 0 Å². The summed E-state index contributed by atoms with van der Waals surface area (Å²) in [6, 6.07) is 0. The van der Waals surface area contributed by atoms with Crippen molar-refractivity contribution in [3.05, 3.63) is 11.6 Å². The molecule has 0 aromatic heterocycles. The minimum atomic E-state index is -4.62. The van der Waals surface area contributed by atoms with Gasteiger partial charge < -0.3 is 12.9 Å². The van der Waals surface area contributed by atoms with Gasteiger partial charge in [0.2, 0.25) is 0 Å². The Hall–Kier alpha value is 1.23. The van der Waals surface area contributed by atoms with Crippen LogP contribution in [0.4, 0.5) is 12.9 Å². The Balaban J connectivity index is 0. The molecule has 5 heteroatoms. The van der Waals surface area contributed by atoms with Gasteiger partial charge in [-0.2, -0.15) is 0 Å². The molecule has 11 heavy (non-hydrogen) atoms. The smallest absolute Gasteiger partial charge is 0.449 e. The molecule has 60 valence electrons. The fourth-order valence-corrected chi connectivity index (χ4v) is 0.479. The van der Waals surface area contributed by atoms with E-state index in [4.69, 9.17) is 0 Å². The summed E-state index contributed by atoms with van der Waals surface area (Å²) in [5, 5.41) is 0. The molecule has 0 fully saturated rings. The van der Waals surface area contributed by atoms with Crippen LogP contribution in [0.3, 0.4) is 0 Å². The van der Waals surface area contributed by atoms with E-state index >= 15 is 0 Å². The zero-order valence-electron chi connectivity index (χ0n) is 7.20. The van der Waals surface area contributed by atoms with E-state index in [-0.39, 0.29) is 51.4 Å². The van der Waals surface area contributed by atoms with Gasteiger partial charge in [-0.05, 0) is 13.3 Å². The molecule has 0 aliphatic rings. The first-order valence-electron chi connectivity index (χ1n) is 3.32. The van der Waals surface area contributed by atoms with Crippen LogP contribution >= 0.6 is 0 Å². The molecule has 0 heterocycles. The second-order valence-corrected chi connectivity index (χ2v) is 2.35. The van der Waals surface area contributed by atoms with Gasteiger partial charge in [-0.15, -0.1) is 6.08 Å². The molecule has 0 N–H and O–H groups in total. The van der Waals surface area contributed by atoms with Crippen LogP contribution in [0, 0.1) is 0 Å². The number of allylic oxidation sites excluding steroid dienone is 2. The molecule has 0 aliphatic carbocycles. The summed E-state index contributed by atoms with van der Waals surface area (Å²) in [5.41, 5.74) is 0.805.